The quantitative estimate of drug-likeness (QED) is 0.927. The number of nitrogens with zero attached hydrogens (tertiary/aromatic N) is 1. The molecule has 1 heterocycles. The average molecular weight is 307 g/mol. The molecule has 1 fully saturated rings. The van der Waals surface area contributed by atoms with Gasteiger partial charge in [0.1, 0.15) is 5.82 Å². The van der Waals surface area contributed by atoms with Crippen molar-refractivity contribution in [2.75, 3.05) is 20.1 Å². The van der Waals surface area contributed by atoms with Gasteiger partial charge >= 0.3 is 0 Å². The van der Waals surface area contributed by atoms with Crippen LogP contribution in [0.2, 0.25) is 5.02 Å². The van der Waals surface area contributed by atoms with Crippen LogP contribution in [0, 0.1) is 5.82 Å². The zero-order chi connectivity index (χ0) is 14.0. The van der Waals surface area contributed by atoms with Gasteiger partial charge in [-0.3, -0.25) is 0 Å². The molecule has 1 atom stereocenters. The van der Waals surface area contributed by atoms with Crippen LogP contribution < -0.4 is 5.32 Å². The molecule has 1 aromatic rings. The fourth-order valence-corrected chi connectivity index (χ4v) is 4.09. The summed E-state index contributed by atoms with van der Waals surface area (Å²) in [6, 6.07) is 3.51. The van der Waals surface area contributed by atoms with Gasteiger partial charge in [-0.25, -0.2) is 12.8 Å². The summed E-state index contributed by atoms with van der Waals surface area (Å²) < 4.78 is 39.5. The molecule has 1 aromatic carbocycles. The molecule has 1 N–H and O–H groups in total. The zero-order valence-corrected chi connectivity index (χ0v) is 12.1. The van der Waals surface area contributed by atoms with Crippen LogP contribution in [0.5, 0.6) is 0 Å². The lowest BCUT2D eigenvalue weighted by Crippen LogP contribution is -2.46. The number of sulfonamides is 1. The Hall–Kier alpha value is -0.690. The summed E-state index contributed by atoms with van der Waals surface area (Å²) in [4.78, 5) is -0.0887. The van der Waals surface area contributed by atoms with Crippen LogP contribution in [-0.4, -0.2) is 38.9 Å². The molecule has 1 unspecified atom stereocenters. The molecule has 0 radical (unpaired) electrons. The van der Waals surface area contributed by atoms with Crippen molar-refractivity contribution in [1.29, 1.82) is 0 Å². The van der Waals surface area contributed by atoms with E-state index in [0.717, 1.165) is 25.0 Å². The first-order valence-corrected chi connectivity index (χ1v) is 7.89. The van der Waals surface area contributed by atoms with Crippen LogP contribution in [0.3, 0.4) is 0 Å². The van der Waals surface area contributed by atoms with E-state index in [4.69, 9.17) is 11.6 Å². The molecule has 0 amide bonds. The third-order valence-corrected chi connectivity index (χ3v) is 5.33. The second kappa shape index (κ2) is 5.75. The zero-order valence-electron chi connectivity index (χ0n) is 10.6. The molecular weight excluding hydrogens is 291 g/mol. The molecular formula is C12H16ClFN2O2S. The average Bonchev–Trinajstić information content (AvgIpc) is 2.37. The number of rotatable bonds is 3. The van der Waals surface area contributed by atoms with Gasteiger partial charge in [0.2, 0.25) is 10.0 Å². The predicted octanol–water partition coefficient (Wildman–Crippen LogP) is 1.85. The molecule has 1 aliphatic rings. The number of piperidine rings is 1. The minimum atomic E-state index is -3.68. The number of hydrogen-bond donors (Lipinski definition) is 1. The first-order valence-electron chi connectivity index (χ1n) is 6.07. The van der Waals surface area contributed by atoms with Crippen molar-refractivity contribution < 1.29 is 12.8 Å². The molecule has 1 saturated heterocycles. The highest BCUT2D eigenvalue weighted by atomic mass is 35.5. The van der Waals surface area contributed by atoms with Gasteiger partial charge < -0.3 is 5.32 Å². The summed E-state index contributed by atoms with van der Waals surface area (Å²) in [6.07, 6.45) is 1.72. The topological polar surface area (TPSA) is 49.4 Å². The van der Waals surface area contributed by atoms with Crippen molar-refractivity contribution in [3.8, 4) is 0 Å². The van der Waals surface area contributed by atoms with E-state index in [-0.39, 0.29) is 16.0 Å². The van der Waals surface area contributed by atoms with E-state index in [1.165, 1.54) is 10.4 Å². The van der Waals surface area contributed by atoms with E-state index in [1.807, 2.05) is 0 Å². The molecule has 0 spiro atoms. The lowest BCUT2D eigenvalue weighted by Gasteiger charge is -2.31. The normalized spacial score (nSPS) is 21.5. The molecule has 4 nitrogen and oxygen atoms in total. The first kappa shape index (κ1) is 14.7. The van der Waals surface area contributed by atoms with E-state index in [0.29, 0.717) is 13.1 Å². The van der Waals surface area contributed by atoms with Gasteiger partial charge in [-0.2, -0.15) is 4.31 Å². The fourth-order valence-electron chi connectivity index (χ4n) is 2.22. The molecule has 0 aliphatic carbocycles. The van der Waals surface area contributed by atoms with Crippen molar-refractivity contribution in [1.82, 2.24) is 9.62 Å². The highest BCUT2D eigenvalue weighted by molar-refractivity contribution is 7.89. The summed E-state index contributed by atoms with van der Waals surface area (Å²) in [5.74, 6) is -0.645. The highest BCUT2D eigenvalue weighted by Gasteiger charge is 2.30. The molecule has 7 heteroatoms. The van der Waals surface area contributed by atoms with Crippen LogP contribution in [0.25, 0.3) is 0 Å². The van der Waals surface area contributed by atoms with E-state index in [2.05, 4.69) is 5.32 Å². The smallest absolute Gasteiger partial charge is 0.243 e. The lowest BCUT2D eigenvalue weighted by atomic mass is 10.1. The van der Waals surface area contributed by atoms with E-state index in [1.54, 1.807) is 7.05 Å². The lowest BCUT2D eigenvalue weighted by molar-refractivity contribution is 0.293. The first-order chi connectivity index (χ1) is 8.93. The van der Waals surface area contributed by atoms with Crippen molar-refractivity contribution >= 4 is 21.6 Å². The molecule has 1 aliphatic heterocycles. The summed E-state index contributed by atoms with van der Waals surface area (Å²) in [6.45, 7) is 0.849. The van der Waals surface area contributed by atoms with E-state index < -0.39 is 15.8 Å². The molecule has 19 heavy (non-hydrogen) atoms. The third kappa shape index (κ3) is 3.25. The molecule has 2 rings (SSSR count). The van der Waals surface area contributed by atoms with Crippen LogP contribution in [-0.2, 0) is 10.0 Å². The van der Waals surface area contributed by atoms with Gasteiger partial charge in [-0.05, 0) is 38.1 Å². The van der Waals surface area contributed by atoms with Gasteiger partial charge in [-0.1, -0.05) is 11.6 Å². The van der Waals surface area contributed by atoms with E-state index >= 15 is 0 Å². The predicted molar refractivity (Wildman–Crippen MR) is 72.3 cm³/mol. The summed E-state index contributed by atoms with van der Waals surface area (Å²) >= 11 is 5.72. The summed E-state index contributed by atoms with van der Waals surface area (Å²) in [5.41, 5.74) is 0. The van der Waals surface area contributed by atoms with Crippen molar-refractivity contribution in [3.63, 3.8) is 0 Å². The third-order valence-electron chi connectivity index (χ3n) is 3.27. The van der Waals surface area contributed by atoms with Crippen molar-refractivity contribution in [3.05, 3.63) is 29.0 Å². The SMILES string of the molecule is CNC1CCCN(S(=O)(=O)c2cc(F)cc(Cl)c2)C1. The Labute approximate surface area is 117 Å². The molecule has 0 saturated carbocycles. The Morgan fingerprint density at radius 2 is 2.16 bits per heavy atom. The number of benzene rings is 1. The maximum Gasteiger partial charge on any atom is 0.243 e. The van der Waals surface area contributed by atoms with Crippen LogP contribution in [0.1, 0.15) is 12.8 Å². The second-order valence-corrected chi connectivity index (χ2v) is 6.97. The molecule has 106 valence electrons. The Morgan fingerprint density at radius 1 is 1.42 bits per heavy atom. The Balaban J connectivity index is 2.31. The summed E-state index contributed by atoms with van der Waals surface area (Å²) in [7, 11) is -1.88. The van der Waals surface area contributed by atoms with Gasteiger partial charge in [0, 0.05) is 24.2 Å². The number of halogens is 2. The van der Waals surface area contributed by atoms with Gasteiger partial charge in [0.05, 0.1) is 4.90 Å². The Kier molecular flexibility index (Phi) is 4.45. The second-order valence-electron chi connectivity index (χ2n) is 4.60. The van der Waals surface area contributed by atoms with Crippen molar-refractivity contribution in [2.45, 2.75) is 23.8 Å². The minimum absolute atomic E-state index is 0.0840. The number of nitrogens with one attached hydrogen (secondary N) is 1. The molecule has 0 aromatic heterocycles. The van der Waals surface area contributed by atoms with E-state index in [9.17, 15) is 12.8 Å². The van der Waals surface area contributed by atoms with Crippen LogP contribution in [0.4, 0.5) is 4.39 Å². The highest BCUT2D eigenvalue weighted by Crippen LogP contribution is 2.24. The van der Waals surface area contributed by atoms with Crippen LogP contribution in [0.15, 0.2) is 23.1 Å². The largest absolute Gasteiger partial charge is 0.316 e. The number of hydrogen-bond acceptors (Lipinski definition) is 3. The standard InChI is InChI=1S/C12H16ClFN2O2S/c1-15-11-3-2-4-16(8-11)19(17,18)12-6-9(13)5-10(14)7-12/h5-7,11,15H,2-4,8H2,1H3. The van der Waals surface area contributed by atoms with Gasteiger partial charge in [0.15, 0.2) is 0 Å². The fraction of sp³-hybridized carbons (Fsp3) is 0.500. The maximum atomic E-state index is 13.3. The molecule has 0 bridgehead atoms. The minimum Gasteiger partial charge on any atom is -0.316 e. The Bertz CT molecular complexity index is 545. The summed E-state index contributed by atoms with van der Waals surface area (Å²) in [5, 5.41) is 3.16. The number of likely N-dealkylation sites (N-methyl/N-ethyl adjacent to an activating group) is 1. The van der Waals surface area contributed by atoms with Crippen LogP contribution >= 0.6 is 11.6 Å². The van der Waals surface area contributed by atoms with Crippen molar-refractivity contribution in [2.24, 2.45) is 0 Å². The van der Waals surface area contributed by atoms with Gasteiger partial charge in [-0.15, -0.1) is 0 Å². The Morgan fingerprint density at radius 3 is 2.79 bits per heavy atom. The van der Waals surface area contributed by atoms with Gasteiger partial charge in [0.25, 0.3) is 0 Å². The maximum absolute atomic E-state index is 13.3. The monoisotopic (exact) mass is 306 g/mol.